The number of ether oxygens (including phenoxy) is 2. The van der Waals surface area contributed by atoms with E-state index in [1.54, 1.807) is 37.2 Å². The summed E-state index contributed by atoms with van der Waals surface area (Å²) in [5.41, 5.74) is 0.219. The first-order valence-electron chi connectivity index (χ1n) is 8.80. The number of sulfone groups is 2. The molecule has 1 fully saturated rings. The van der Waals surface area contributed by atoms with Gasteiger partial charge in [-0.05, 0) is 32.6 Å². The zero-order chi connectivity index (χ0) is 22.0. The molecule has 0 saturated carbocycles. The summed E-state index contributed by atoms with van der Waals surface area (Å²) < 4.78 is 60.8. The van der Waals surface area contributed by atoms with Crippen molar-refractivity contribution in [1.82, 2.24) is 4.90 Å². The SMILES string of the molecule is COC(=O)C1C(c2ccccc2)C(C(=O)OC)S(=O)(=O)C(CCN(C)C)S1(=O)=O. The highest BCUT2D eigenvalue weighted by Gasteiger charge is 2.63. The molecule has 1 aliphatic rings. The largest absolute Gasteiger partial charge is 0.468 e. The average molecular weight is 448 g/mol. The minimum Gasteiger partial charge on any atom is -0.468 e. The third kappa shape index (κ3) is 4.31. The van der Waals surface area contributed by atoms with E-state index in [2.05, 4.69) is 0 Å². The van der Waals surface area contributed by atoms with Gasteiger partial charge in [-0.1, -0.05) is 30.3 Å². The molecule has 0 aromatic heterocycles. The lowest BCUT2D eigenvalue weighted by molar-refractivity contribution is -0.142. The predicted molar refractivity (Wildman–Crippen MR) is 106 cm³/mol. The summed E-state index contributed by atoms with van der Waals surface area (Å²) >= 11 is 0. The van der Waals surface area contributed by atoms with Crippen molar-refractivity contribution in [2.75, 3.05) is 34.9 Å². The second-order valence-electron chi connectivity index (χ2n) is 7.02. The van der Waals surface area contributed by atoms with Crippen molar-refractivity contribution in [2.45, 2.75) is 27.4 Å². The molecule has 162 valence electrons. The highest BCUT2D eigenvalue weighted by molar-refractivity contribution is 8.11. The number of carbonyl (C=O) groups excluding carboxylic acids is 2. The smallest absolute Gasteiger partial charge is 0.324 e. The van der Waals surface area contributed by atoms with E-state index in [1.807, 2.05) is 0 Å². The van der Waals surface area contributed by atoms with Gasteiger partial charge < -0.3 is 14.4 Å². The van der Waals surface area contributed by atoms with Crippen LogP contribution in [0.4, 0.5) is 0 Å². The molecular weight excluding hydrogens is 422 g/mol. The van der Waals surface area contributed by atoms with Crippen molar-refractivity contribution in [3.8, 4) is 0 Å². The topological polar surface area (TPSA) is 124 Å². The highest BCUT2D eigenvalue weighted by Crippen LogP contribution is 2.43. The van der Waals surface area contributed by atoms with E-state index in [1.165, 1.54) is 12.1 Å². The first-order valence-corrected chi connectivity index (χ1v) is 12.0. The van der Waals surface area contributed by atoms with Crippen molar-refractivity contribution < 1.29 is 35.9 Å². The lowest BCUT2D eigenvalue weighted by Gasteiger charge is -2.39. The maximum atomic E-state index is 13.3. The van der Waals surface area contributed by atoms with E-state index in [4.69, 9.17) is 9.47 Å². The second kappa shape index (κ2) is 8.80. The van der Waals surface area contributed by atoms with Crippen LogP contribution in [-0.4, -0.2) is 83.6 Å². The normalized spacial score (nSPS) is 27.9. The summed E-state index contributed by atoms with van der Waals surface area (Å²) in [6.45, 7) is 0.126. The molecule has 11 heteroatoms. The lowest BCUT2D eigenvalue weighted by Crippen LogP contribution is -2.60. The average Bonchev–Trinajstić information content (AvgIpc) is 2.65. The van der Waals surface area contributed by atoms with E-state index in [0.717, 1.165) is 14.2 Å². The van der Waals surface area contributed by atoms with Gasteiger partial charge in [0.05, 0.1) is 14.2 Å². The van der Waals surface area contributed by atoms with Crippen molar-refractivity contribution in [3.05, 3.63) is 35.9 Å². The van der Waals surface area contributed by atoms with Crippen molar-refractivity contribution in [1.29, 1.82) is 0 Å². The quantitative estimate of drug-likeness (QED) is 0.553. The molecule has 0 N–H and O–H groups in total. The summed E-state index contributed by atoms with van der Waals surface area (Å²) in [4.78, 5) is 26.7. The Morgan fingerprint density at radius 2 is 1.34 bits per heavy atom. The van der Waals surface area contributed by atoms with Crippen LogP contribution in [0, 0.1) is 0 Å². The van der Waals surface area contributed by atoms with E-state index in [0.29, 0.717) is 0 Å². The van der Waals surface area contributed by atoms with Gasteiger partial charge in [0.25, 0.3) is 0 Å². The van der Waals surface area contributed by atoms with Crippen molar-refractivity contribution >= 4 is 31.6 Å². The number of hydrogen-bond acceptors (Lipinski definition) is 9. The van der Waals surface area contributed by atoms with Crippen LogP contribution >= 0.6 is 0 Å². The number of nitrogens with zero attached hydrogens (tertiary/aromatic N) is 1. The van der Waals surface area contributed by atoms with Gasteiger partial charge in [-0.15, -0.1) is 0 Å². The van der Waals surface area contributed by atoms with Crippen molar-refractivity contribution in [2.24, 2.45) is 0 Å². The molecule has 1 heterocycles. The van der Waals surface area contributed by atoms with Crippen LogP contribution in [0.1, 0.15) is 17.9 Å². The van der Waals surface area contributed by atoms with Crippen molar-refractivity contribution in [3.63, 3.8) is 0 Å². The van der Waals surface area contributed by atoms with E-state index in [9.17, 15) is 26.4 Å². The monoisotopic (exact) mass is 447 g/mol. The number of carbonyl (C=O) groups is 2. The molecule has 1 saturated heterocycles. The molecular formula is C18H25NO8S2. The summed E-state index contributed by atoms with van der Waals surface area (Å²) in [6, 6.07) is 7.73. The minimum absolute atomic E-state index is 0.126. The number of esters is 2. The Morgan fingerprint density at radius 3 is 1.72 bits per heavy atom. The highest BCUT2D eigenvalue weighted by atomic mass is 32.3. The third-order valence-corrected chi connectivity index (χ3v) is 10.9. The molecule has 2 atom stereocenters. The van der Waals surface area contributed by atoms with Crippen LogP contribution in [0.3, 0.4) is 0 Å². The van der Waals surface area contributed by atoms with Crippen LogP contribution < -0.4 is 0 Å². The zero-order valence-corrected chi connectivity index (χ0v) is 18.3. The van der Waals surface area contributed by atoms with Gasteiger partial charge in [0, 0.05) is 5.92 Å². The molecule has 0 spiro atoms. The Balaban J connectivity index is 2.80. The second-order valence-corrected chi connectivity index (χ2v) is 11.8. The number of methoxy groups -OCH3 is 2. The first-order chi connectivity index (χ1) is 13.5. The van der Waals surface area contributed by atoms with Crippen LogP contribution in [-0.2, 0) is 38.7 Å². The molecule has 2 unspecified atom stereocenters. The Kier molecular flexibility index (Phi) is 7.07. The predicted octanol–water partition coefficient (Wildman–Crippen LogP) is -0.0256. The fourth-order valence-electron chi connectivity index (χ4n) is 3.59. The fraction of sp³-hybridized carbons (Fsp3) is 0.556. The maximum absolute atomic E-state index is 13.3. The molecule has 0 bridgehead atoms. The lowest BCUT2D eigenvalue weighted by atomic mass is 9.91. The Labute approximate surface area is 170 Å². The summed E-state index contributed by atoms with van der Waals surface area (Å²) in [6.07, 6.45) is -0.292. The molecule has 29 heavy (non-hydrogen) atoms. The molecule has 0 radical (unpaired) electrons. The van der Waals surface area contributed by atoms with Crippen LogP contribution in [0.15, 0.2) is 30.3 Å². The van der Waals surface area contributed by atoms with Gasteiger partial charge in [0.15, 0.2) is 34.8 Å². The number of rotatable bonds is 6. The number of hydrogen-bond donors (Lipinski definition) is 0. The molecule has 1 aromatic carbocycles. The Bertz CT molecular complexity index is 903. The van der Waals surface area contributed by atoms with Gasteiger partial charge in [0.1, 0.15) is 0 Å². The molecule has 0 amide bonds. The van der Waals surface area contributed by atoms with Crippen LogP contribution in [0.25, 0.3) is 0 Å². The first kappa shape index (κ1) is 23.3. The van der Waals surface area contributed by atoms with Gasteiger partial charge >= 0.3 is 11.9 Å². The molecule has 1 aliphatic heterocycles. The third-order valence-electron chi connectivity index (χ3n) is 4.96. The van der Waals surface area contributed by atoms with Gasteiger partial charge in [-0.3, -0.25) is 9.59 Å². The summed E-state index contributed by atoms with van der Waals surface area (Å²) in [5, 5.41) is -3.70. The van der Waals surface area contributed by atoms with E-state index in [-0.39, 0.29) is 18.5 Å². The van der Waals surface area contributed by atoms with E-state index >= 15 is 0 Å². The summed E-state index contributed by atoms with van der Waals surface area (Å²) in [7, 11) is -3.74. The minimum atomic E-state index is -4.55. The Hall–Kier alpha value is -1.98. The Morgan fingerprint density at radius 1 is 0.897 bits per heavy atom. The van der Waals surface area contributed by atoms with Gasteiger partial charge in [0.2, 0.25) is 0 Å². The van der Waals surface area contributed by atoms with Gasteiger partial charge in [-0.2, -0.15) is 0 Å². The van der Waals surface area contributed by atoms with Crippen LogP contribution in [0.2, 0.25) is 0 Å². The summed E-state index contributed by atoms with van der Waals surface area (Å²) in [5.74, 6) is -3.71. The molecule has 9 nitrogen and oxygen atoms in total. The molecule has 1 aromatic rings. The fourth-order valence-corrected chi connectivity index (χ4v) is 9.60. The van der Waals surface area contributed by atoms with Gasteiger partial charge in [-0.25, -0.2) is 16.8 Å². The molecule has 2 rings (SSSR count). The number of benzene rings is 1. The maximum Gasteiger partial charge on any atom is 0.324 e. The van der Waals surface area contributed by atoms with E-state index < -0.39 is 52.6 Å². The molecule has 0 aliphatic carbocycles. The van der Waals surface area contributed by atoms with Crippen LogP contribution in [0.5, 0.6) is 0 Å². The standard InChI is InChI=1S/C18H25NO8S2/c1-19(2)11-10-13-28(22,23)15(17(20)26-3)14(12-8-6-5-7-9-12)16(18(21)27-4)29(13,24)25/h5-9,13-16H,10-11H2,1-4H3. The zero-order valence-electron chi connectivity index (χ0n) is 16.6.